The van der Waals surface area contributed by atoms with Crippen molar-refractivity contribution >= 4 is 17.7 Å². The highest BCUT2D eigenvalue weighted by Gasteiger charge is 2.23. The van der Waals surface area contributed by atoms with E-state index >= 15 is 0 Å². The second kappa shape index (κ2) is 9.91. The first-order chi connectivity index (χ1) is 12.5. The number of hydrogen-bond acceptors (Lipinski definition) is 4. The van der Waals surface area contributed by atoms with E-state index in [0.29, 0.717) is 18.7 Å². The summed E-state index contributed by atoms with van der Waals surface area (Å²) in [6, 6.07) is 7.19. The van der Waals surface area contributed by atoms with Crippen LogP contribution in [-0.2, 0) is 16.1 Å². The van der Waals surface area contributed by atoms with Crippen molar-refractivity contribution in [3.8, 4) is 0 Å². The van der Waals surface area contributed by atoms with Crippen molar-refractivity contribution < 1.29 is 14.4 Å². The van der Waals surface area contributed by atoms with Gasteiger partial charge in [-0.05, 0) is 50.0 Å². The molecule has 142 valence electrons. The highest BCUT2D eigenvalue weighted by atomic mass is 16.2. The monoisotopic (exact) mass is 360 g/mol. The van der Waals surface area contributed by atoms with Gasteiger partial charge in [0.15, 0.2) is 0 Å². The average molecular weight is 360 g/mol. The van der Waals surface area contributed by atoms with E-state index in [1.165, 1.54) is 6.92 Å². The fourth-order valence-corrected chi connectivity index (χ4v) is 3.10. The topological polar surface area (TPSA) is 105 Å². The first-order valence-electron chi connectivity index (χ1n) is 9.09. The fraction of sp³-hybridized carbons (Fsp3) is 0.526. The summed E-state index contributed by atoms with van der Waals surface area (Å²) < 4.78 is 0. The minimum atomic E-state index is -0.218. The number of carbonyl (C=O) groups is 3. The van der Waals surface area contributed by atoms with Crippen LogP contribution in [0.1, 0.15) is 42.1 Å². The van der Waals surface area contributed by atoms with Gasteiger partial charge in [-0.2, -0.15) is 0 Å². The molecule has 0 aliphatic carbocycles. The molecule has 1 atom stereocenters. The minimum absolute atomic E-state index is 0.0469. The Hall–Kier alpha value is -2.41. The van der Waals surface area contributed by atoms with Crippen molar-refractivity contribution in [1.82, 2.24) is 15.5 Å². The molecule has 2 rings (SSSR count). The highest BCUT2D eigenvalue weighted by molar-refractivity contribution is 5.94. The largest absolute Gasteiger partial charge is 0.369 e. The first kappa shape index (κ1) is 19.9. The van der Waals surface area contributed by atoms with E-state index in [1.807, 2.05) is 12.1 Å². The number of rotatable bonds is 8. The number of nitrogens with one attached hydrogen (secondary N) is 2. The first-order valence-corrected chi connectivity index (χ1v) is 9.09. The number of piperidine rings is 1. The van der Waals surface area contributed by atoms with Gasteiger partial charge in [-0.1, -0.05) is 12.1 Å². The van der Waals surface area contributed by atoms with Gasteiger partial charge in [0.2, 0.25) is 11.8 Å². The van der Waals surface area contributed by atoms with Crippen LogP contribution >= 0.6 is 0 Å². The molecule has 3 amide bonds. The summed E-state index contributed by atoms with van der Waals surface area (Å²) in [5.41, 5.74) is 6.94. The Morgan fingerprint density at radius 2 is 1.92 bits per heavy atom. The summed E-state index contributed by atoms with van der Waals surface area (Å²) >= 11 is 0. The van der Waals surface area contributed by atoms with Gasteiger partial charge in [0, 0.05) is 32.1 Å². The second-order valence-corrected chi connectivity index (χ2v) is 6.76. The van der Waals surface area contributed by atoms with Crippen LogP contribution in [0.25, 0.3) is 0 Å². The van der Waals surface area contributed by atoms with Crippen molar-refractivity contribution in [1.29, 1.82) is 0 Å². The molecule has 26 heavy (non-hydrogen) atoms. The van der Waals surface area contributed by atoms with Crippen molar-refractivity contribution in [2.24, 2.45) is 11.7 Å². The van der Waals surface area contributed by atoms with Crippen molar-refractivity contribution in [3.05, 3.63) is 35.4 Å². The van der Waals surface area contributed by atoms with E-state index in [-0.39, 0.29) is 23.6 Å². The molecule has 1 fully saturated rings. The molecule has 4 N–H and O–H groups in total. The maximum atomic E-state index is 12.2. The molecule has 1 aliphatic rings. The molecule has 0 aromatic heterocycles. The summed E-state index contributed by atoms with van der Waals surface area (Å²) in [7, 11) is 0. The van der Waals surface area contributed by atoms with E-state index in [4.69, 9.17) is 5.73 Å². The lowest BCUT2D eigenvalue weighted by Crippen LogP contribution is -2.42. The van der Waals surface area contributed by atoms with Crippen LogP contribution in [0.3, 0.4) is 0 Å². The standard InChI is InChI=1S/C19H28N4O3/c1-14(24)22-12-15-5-7-16(8-6-15)19(26)21-9-3-11-23-10-2-4-17(13-23)18(20)25/h5-8,17H,2-4,9-13H2,1H3,(H2,20,25)(H,21,26)(H,22,24). The predicted octanol–water partition coefficient (Wildman–Crippen LogP) is 0.640. The Morgan fingerprint density at radius 3 is 2.58 bits per heavy atom. The van der Waals surface area contributed by atoms with Crippen LogP contribution < -0.4 is 16.4 Å². The lowest BCUT2D eigenvalue weighted by Gasteiger charge is -2.31. The molecule has 0 spiro atoms. The molecular formula is C19H28N4O3. The zero-order chi connectivity index (χ0) is 18.9. The van der Waals surface area contributed by atoms with Crippen LogP contribution in [0.5, 0.6) is 0 Å². The van der Waals surface area contributed by atoms with E-state index in [1.54, 1.807) is 12.1 Å². The molecular weight excluding hydrogens is 332 g/mol. The van der Waals surface area contributed by atoms with Crippen molar-refractivity contribution in [3.63, 3.8) is 0 Å². The maximum absolute atomic E-state index is 12.2. The third-order valence-corrected chi connectivity index (χ3v) is 4.60. The third kappa shape index (κ3) is 6.48. The van der Waals surface area contributed by atoms with Crippen LogP contribution in [0, 0.1) is 5.92 Å². The van der Waals surface area contributed by atoms with Crippen LogP contribution in [-0.4, -0.2) is 48.8 Å². The molecule has 7 heteroatoms. The number of nitrogens with zero attached hydrogens (tertiary/aromatic N) is 1. The Balaban J connectivity index is 1.68. The van der Waals surface area contributed by atoms with Gasteiger partial charge in [0.25, 0.3) is 5.91 Å². The summed E-state index contributed by atoms with van der Waals surface area (Å²) in [6.07, 6.45) is 2.70. The number of carbonyl (C=O) groups excluding carboxylic acids is 3. The number of benzene rings is 1. The summed E-state index contributed by atoms with van der Waals surface area (Å²) in [4.78, 5) is 36.6. The fourth-order valence-electron chi connectivity index (χ4n) is 3.10. The quantitative estimate of drug-likeness (QED) is 0.592. The molecule has 1 unspecified atom stereocenters. The Bertz CT molecular complexity index is 630. The zero-order valence-corrected chi connectivity index (χ0v) is 15.3. The molecule has 0 bridgehead atoms. The summed E-state index contributed by atoms with van der Waals surface area (Å²) in [5.74, 6) is -0.452. The van der Waals surface area contributed by atoms with E-state index in [0.717, 1.165) is 44.5 Å². The van der Waals surface area contributed by atoms with Crippen LogP contribution in [0.4, 0.5) is 0 Å². The van der Waals surface area contributed by atoms with Gasteiger partial charge in [-0.3, -0.25) is 14.4 Å². The lowest BCUT2D eigenvalue weighted by atomic mass is 9.97. The minimum Gasteiger partial charge on any atom is -0.369 e. The second-order valence-electron chi connectivity index (χ2n) is 6.76. The number of hydrogen-bond donors (Lipinski definition) is 3. The van der Waals surface area contributed by atoms with Crippen LogP contribution in [0.15, 0.2) is 24.3 Å². The molecule has 1 heterocycles. The maximum Gasteiger partial charge on any atom is 0.251 e. The molecule has 0 radical (unpaired) electrons. The predicted molar refractivity (Wildman–Crippen MR) is 99.3 cm³/mol. The van der Waals surface area contributed by atoms with Crippen molar-refractivity contribution in [2.75, 3.05) is 26.2 Å². The number of primary amides is 1. The number of nitrogens with two attached hydrogens (primary N) is 1. The lowest BCUT2D eigenvalue weighted by molar-refractivity contribution is -0.123. The Kier molecular flexibility index (Phi) is 7.59. The SMILES string of the molecule is CC(=O)NCc1ccc(C(=O)NCCCN2CCCC(C(N)=O)C2)cc1. The molecule has 1 aromatic carbocycles. The average Bonchev–Trinajstić information content (AvgIpc) is 2.64. The molecule has 1 aliphatic heterocycles. The number of amides is 3. The normalized spacial score (nSPS) is 17.5. The molecule has 7 nitrogen and oxygen atoms in total. The Labute approximate surface area is 154 Å². The van der Waals surface area contributed by atoms with Gasteiger partial charge in [0.1, 0.15) is 0 Å². The van der Waals surface area contributed by atoms with Crippen molar-refractivity contribution in [2.45, 2.75) is 32.7 Å². The van der Waals surface area contributed by atoms with Gasteiger partial charge >= 0.3 is 0 Å². The smallest absolute Gasteiger partial charge is 0.251 e. The van der Waals surface area contributed by atoms with Crippen LogP contribution in [0.2, 0.25) is 0 Å². The van der Waals surface area contributed by atoms with Gasteiger partial charge in [-0.25, -0.2) is 0 Å². The van der Waals surface area contributed by atoms with Gasteiger partial charge in [0.05, 0.1) is 5.92 Å². The molecule has 1 saturated heterocycles. The van der Waals surface area contributed by atoms with E-state index in [9.17, 15) is 14.4 Å². The molecule has 0 saturated carbocycles. The van der Waals surface area contributed by atoms with Gasteiger partial charge in [-0.15, -0.1) is 0 Å². The zero-order valence-electron chi connectivity index (χ0n) is 15.3. The summed E-state index contributed by atoms with van der Waals surface area (Å²) in [6.45, 7) is 5.07. The summed E-state index contributed by atoms with van der Waals surface area (Å²) in [5, 5.41) is 5.64. The van der Waals surface area contributed by atoms with Gasteiger partial charge < -0.3 is 21.3 Å². The number of likely N-dealkylation sites (tertiary alicyclic amines) is 1. The highest BCUT2D eigenvalue weighted by Crippen LogP contribution is 2.15. The molecule has 1 aromatic rings. The van der Waals surface area contributed by atoms with E-state index < -0.39 is 0 Å². The van der Waals surface area contributed by atoms with E-state index in [2.05, 4.69) is 15.5 Å². The Morgan fingerprint density at radius 1 is 1.19 bits per heavy atom. The third-order valence-electron chi connectivity index (χ3n) is 4.60.